The summed E-state index contributed by atoms with van der Waals surface area (Å²) in [4.78, 5) is 0. The molecule has 0 saturated heterocycles. The second-order valence-corrected chi connectivity index (χ2v) is 1.58. The van der Waals surface area contributed by atoms with Crippen molar-refractivity contribution in [3.63, 3.8) is 0 Å². The van der Waals surface area contributed by atoms with E-state index in [2.05, 4.69) is 0 Å². The van der Waals surface area contributed by atoms with E-state index in [4.69, 9.17) is 7.10 Å². The van der Waals surface area contributed by atoms with E-state index in [-0.39, 0.29) is 0 Å². The molecule has 1 unspecified atom stereocenters. The molecule has 0 bridgehead atoms. The van der Waals surface area contributed by atoms with Crippen LogP contribution in [0.2, 0.25) is 0 Å². The summed E-state index contributed by atoms with van der Waals surface area (Å²) in [6, 6.07) is 9.36. The Morgan fingerprint density at radius 3 is 2.38 bits per heavy atom. The summed E-state index contributed by atoms with van der Waals surface area (Å²) in [5, 5.41) is 0. The second-order valence-electron chi connectivity index (χ2n) is 1.58. The predicted octanol–water partition coefficient (Wildman–Crippen LogP) is 1.15. The summed E-state index contributed by atoms with van der Waals surface area (Å²) in [5.41, 5.74) is 6.14. The van der Waals surface area contributed by atoms with Gasteiger partial charge in [-0.2, -0.15) is 0 Å². The maximum atomic E-state index is 7.10. The summed E-state index contributed by atoms with van der Waals surface area (Å²) in [7, 11) is 0. The standard InChI is InChI=1S/C7H9N/c8-6-7-4-2-1-3-5-7/h1-5H,6,8H2/i6D. The quantitative estimate of drug-likeness (QED) is 0.573. The van der Waals surface area contributed by atoms with Gasteiger partial charge >= 0.3 is 0 Å². The monoisotopic (exact) mass is 108 g/mol. The van der Waals surface area contributed by atoms with Crippen molar-refractivity contribution in [3.05, 3.63) is 35.9 Å². The summed E-state index contributed by atoms with van der Waals surface area (Å²) in [6.45, 7) is -0.591. The first kappa shape index (κ1) is 4.10. The summed E-state index contributed by atoms with van der Waals surface area (Å²) < 4.78 is 7.10. The minimum absolute atomic E-state index is 0.591. The van der Waals surface area contributed by atoms with Crippen LogP contribution < -0.4 is 5.73 Å². The van der Waals surface area contributed by atoms with Gasteiger partial charge < -0.3 is 5.73 Å². The number of nitrogens with two attached hydrogens (primary N) is 1. The lowest BCUT2D eigenvalue weighted by Crippen LogP contribution is -1.94. The first-order chi connectivity index (χ1) is 4.30. The van der Waals surface area contributed by atoms with E-state index in [0.29, 0.717) is 0 Å². The zero-order valence-electron chi connectivity index (χ0n) is 5.54. The van der Waals surface area contributed by atoms with Crippen molar-refractivity contribution in [2.75, 3.05) is 0 Å². The molecule has 1 heteroatoms. The average Bonchev–Trinajstić information content (AvgIpc) is 1.90. The maximum Gasteiger partial charge on any atom is 0.0477 e. The normalized spacial score (nSPS) is 14.9. The molecule has 0 aromatic heterocycles. The maximum absolute atomic E-state index is 7.10. The van der Waals surface area contributed by atoms with Crippen molar-refractivity contribution < 1.29 is 1.37 Å². The molecule has 0 radical (unpaired) electrons. The van der Waals surface area contributed by atoms with Crippen molar-refractivity contribution in [2.45, 2.75) is 6.52 Å². The highest BCUT2D eigenvalue weighted by molar-refractivity contribution is 5.13. The number of rotatable bonds is 1. The van der Waals surface area contributed by atoms with Gasteiger partial charge in [0.25, 0.3) is 0 Å². The van der Waals surface area contributed by atoms with Crippen LogP contribution in [0.15, 0.2) is 30.3 Å². The first-order valence-electron chi connectivity index (χ1n) is 3.11. The van der Waals surface area contributed by atoms with E-state index in [0.717, 1.165) is 5.56 Å². The van der Waals surface area contributed by atoms with E-state index in [9.17, 15) is 0 Å². The highest BCUT2D eigenvalue weighted by Crippen LogP contribution is 1.94. The van der Waals surface area contributed by atoms with Crippen LogP contribution in [0, 0.1) is 0 Å². The molecule has 0 fully saturated rings. The molecule has 0 heterocycles. The zero-order valence-corrected chi connectivity index (χ0v) is 4.54. The van der Waals surface area contributed by atoms with Gasteiger partial charge in [0.1, 0.15) is 0 Å². The fourth-order valence-electron chi connectivity index (χ4n) is 0.564. The van der Waals surface area contributed by atoms with Crippen LogP contribution in [0.25, 0.3) is 0 Å². The van der Waals surface area contributed by atoms with Crippen LogP contribution in [0.4, 0.5) is 0 Å². The summed E-state index contributed by atoms with van der Waals surface area (Å²) in [5.74, 6) is 0. The Kier molecular flexibility index (Phi) is 1.27. The largest absolute Gasteiger partial charge is 0.326 e. The average molecular weight is 108 g/mol. The molecule has 1 aromatic carbocycles. The lowest BCUT2D eigenvalue weighted by Gasteiger charge is -1.90. The highest BCUT2D eigenvalue weighted by atomic mass is 14.5. The Bertz CT molecular complexity index is 172. The van der Waals surface area contributed by atoms with Crippen molar-refractivity contribution in [3.8, 4) is 0 Å². The fraction of sp³-hybridized carbons (Fsp3) is 0.143. The predicted molar refractivity (Wildman–Crippen MR) is 34.3 cm³/mol. The molecule has 1 nitrogen and oxygen atoms in total. The lowest BCUT2D eigenvalue weighted by molar-refractivity contribution is 1.07. The van der Waals surface area contributed by atoms with E-state index in [1.165, 1.54) is 0 Å². The zero-order chi connectivity index (χ0) is 6.69. The highest BCUT2D eigenvalue weighted by Gasteiger charge is 1.80. The van der Waals surface area contributed by atoms with Crippen molar-refractivity contribution in [2.24, 2.45) is 5.73 Å². The van der Waals surface area contributed by atoms with Gasteiger partial charge in [-0.25, -0.2) is 0 Å². The smallest absolute Gasteiger partial charge is 0.0477 e. The molecule has 0 aliphatic carbocycles. The van der Waals surface area contributed by atoms with Crippen LogP contribution in [-0.4, -0.2) is 0 Å². The van der Waals surface area contributed by atoms with Crippen LogP contribution in [-0.2, 0) is 6.52 Å². The van der Waals surface area contributed by atoms with Gasteiger partial charge in [0, 0.05) is 7.89 Å². The van der Waals surface area contributed by atoms with Gasteiger partial charge in [-0.05, 0) is 5.56 Å². The van der Waals surface area contributed by atoms with E-state index in [1.807, 2.05) is 30.3 Å². The topological polar surface area (TPSA) is 26.0 Å². The van der Waals surface area contributed by atoms with Gasteiger partial charge in [-0.1, -0.05) is 30.3 Å². The first-order valence-corrected chi connectivity index (χ1v) is 2.53. The fourth-order valence-corrected chi connectivity index (χ4v) is 0.564. The van der Waals surface area contributed by atoms with Gasteiger partial charge in [0.15, 0.2) is 0 Å². The van der Waals surface area contributed by atoms with Crippen LogP contribution >= 0.6 is 0 Å². The Labute approximate surface area is 50.5 Å². The Morgan fingerprint density at radius 1 is 1.38 bits per heavy atom. The van der Waals surface area contributed by atoms with Crippen molar-refractivity contribution in [1.29, 1.82) is 0 Å². The van der Waals surface area contributed by atoms with Crippen molar-refractivity contribution >= 4 is 0 Å². The third-order valence-electron chi connectivity index (χ3n) is 0.992. The number of hydrogen-bond acceptors (Lipinski definition) is 1. The molecule has 0 aliphatic heterocycles. The molecule has 0 spiro atoms. The van der Waals surface area contributed by atoms with Crippen LogP contribution in [0.5, 0.6) is 0 Å². The molecule has 1 rings (SSSR count). The molecular weight excluding hydrogens is 98.1 g/mol. The molecule has 2 N–H and O–H groups in total. The third kappa shape index (κ3) is 1.07. The molecule has 42 valence electrons. The lowest BCUT2D eigenvalue weighted by atomic mass is 10.2. The number of benzene rings is 1. The van der Waals surface area contributed by atoms with Crippen LogP contribution in [0.3, 0.4) is 0 Å². The van der Waals surface area contributed by atoms with Gasteiger partial charge in [-0.3, -0.25) is 0 Å². The Balaban J connectivity index is 2.85. The SMILES string of the molecule is [2H]C(N)c1ccccc1. The minimum atomic E-state index is -0.591. The minimum Gasteiger partial charge on any atom is -0.326 e. The van der Waals surface area contributed by atoms with Gasteiger partial charge in [0.2, 0.25) is 0 Å². The van der Waals surface area contributed by atoms with Gasteiger partial charge in [-0.15, -0.1) is 0 Å². The molecule has 0 amide bonds. The summed E-state index contributed by atoms with van der Waals surface area (Å²) >= 11 is 0. The Hall–Kier alpha value is -0.820. The van der Waals surface area contributed by atoms with Gasteiger partial charge in [0.05, 0.1) is 0 Å². The molecule has 0 aliphatic rings. The molecule has 1 aromatic rings. The van der Waals surface area contributed by atoms with Crippen molar-refractivity contribution in [1.82, 2.24) is 0 Å². The summed E-state index contributed by atoms with van der Waals surface area (Å²) in [6.07, 6.45) is 0. The second kappa shape index (κ2) is 2.48. The van der Waals surface area contributed by atoms with E-state index < -0.39 is 6.52 Å². The Morgan fingerprint density at radius 2 is 2.00 bits per heavy atom. The number of hydrogen-bond donors (Lipinski definition) is 1. The molecule has 8 heavy (non-hydrogen) atoms. The third-order valence-corrected chi connectivity index (χ3v) is 0.992. The van der Waals surface area contributed by atoms with Crippen LogP contribution in [0.1, 0.15) is 6.93 Å². The van der Waals surface area contributed by atoms with E-state index in [1.54, 1.807) is 0 Å². The molecular formula is C7H9N. The molecule has 1 atom stereocenters. The van der Waals surface area contributed by atoms with E-state index >= 15 is 0 Å². The molecule has 0 saturated carbocycles.